The zero-order valence-electron chi connectivity index (χ0n) is 9.75. The fourth-order valence-corrected chi connectivity index (χ4v) is 2.32. The summed E-state index contributed by atoms with van der Waals surface area (Å²) in [5, 5.41) is 2.88. The summed E-state index contributed by atoms with van der Waals surface area (Å²) in [7, 11) is 1.40. The maximum Gasteiger partial charge on any atom is 0.407 e. The molecule has 0 saturated heterocycles. The summed E-state index contributed by atoms with van der Waals surface area (Å²) in [5.74, 6) is 0. The fourth-order valence-electron chi connectivity index (χ4n) is 2.32. The number of ether oxygens (including phenoxy) is 1. The molecular weight excluding hydrogens is 202 g/mol. The molecule has 0 fully saturated rings. The third-order valence-corrected chi connectivity index (χ3v) is 3.23. The Morgan fingerprint density at radius 2 is 2.31 bits per heavy atom. The van der Waals surface area contributed by atoms with Crippen molar-refractivity contribution in [2.75, 3.05) is 7.11 Å². The van der Waals surface area contributed by atoms with Crippen molar-refractivity contribution in [2.24, 2.45) is 0 Å². The fraction of sp³-hybridized carbons (Fsp3) is 0.462. The highest BCUT2D eigenvalue weighted by Gasteiger charge is 2.21. The second-order valence-corrected chi connectivity index (χ2v) is 4.29. The third-order valence-electron chi connectivity index (χ3n) is 3.23. The van der Waals surface area contributed by atoms with E-state index in [1.54, 1.807) is 0 Å². The van der Waals surface area contributed by atoms with Gasteiger partial charge in [-0.3, -0.25) is 0 Å². The maximum absolute atomic E-state index is 11.1. The minimum atomic E-state index is -0.331. The summed E-state index contributed by atoms with van der Waals surface area (Å²) in [6.45, 7) is 2.12. The summed E-state index contributed by atoms with van der Waals surface area (Å²) >= 11 is 0. The Hall–Kier alpha value is -1.51. The van der Waals surface area contributed by atoms with Crippen molar-refractivity contribution in [3.8, 4) is 0 Å². The van der Waals surface area contributed by atoms with Gasteiger partial charge in [0.15, 0.2) is 0 Å². The number of aryl methyl sites for hydroxylation is 2. The van der Waals surface area contributed by atoms with Crippen LogP contribution in [0.1, 0.15) is 23.1 Å². The molecule has 1 amide bonds. The molecule has 1 aromatic rings. The number of hydrogen-bond acceptors (Lipinski definition) is 2. The molecule has 0 heterocycles. The molecule has 0 saturated carbocycles. The molecule has 1 N–H and O–H groups in total. The normalized spacial score (nSPS) is 18.8. The summed E-state index contributed by atoms with van der Waals surface area (Å²) < 4.78 is 4.62. The molecule has 0 radical (unpaired) electrons. The molecule has 16 heavy (non-hydrogen) atoms. The van der Waals surface area contributed by atoms with E-state index in [1.165, 1.54) is 23.8 Å². The van der Waals surface area contributed by atoms with Gasteiger partial charge in [-0.25, -0.2) is 4.79 Å². The molecule has 3 heteroatoms. The first-order valence-electron chi connectivity index (χ1n) is 5.62. The first-order chi connectivity index (χ1) is 7.70. The molecule has 1 aliphatic rings. The molecular formula is C13H17NO2. The summed E-state index contributed by atoms with van der Waals surface area (Å²) in [6, 6.07) is 6.61. The zero-order chi connectivity index (χ0) is 11.5. The molecule has 0 aliphatic heterocycles. The van der Waals surface area contributed by atoms with Gasteiger partial charge in [0, 0.05) is 6.04 Å². The molecule has 0 spiro atoms. The van der Waals surface area contributed by atoms with Crippen molar-refractivity contribution in [3.63, 3.8) is 0 Å². The number of fused-ring (bicyclic) bond motifs is 1. The number of amides is 1. The van der Waals surface area contributed by atoms with E-state index >= 15 is 0 Å². The maximum atomic E-state index is 11.1. The van der Waals surface area contributed by atoms with Crippen molar-refractivity contribution in [3.05, 3.63) is 34.9 Å². The minimum Gasteiger partial charge on any atom is -0.453 e. The predicted molar refractivity (Wildman–Crippen MR) is 62.5 cm³/mol. The van der Waals surface area contributed by atoms with E-state index in [9.17, 15) is 4.79 Å². The topological polar surface area (TPSA) is 38.3 Å². The van der Waals surface area contributed by atoms with Gasteiger partial charge in [-0.15, -0.1) is 0 Å². The van der Waals surface area contributed by atoms with Gasteiger partial charge in [-0.1, -0.05) is 18.2 Å². The van der Waals surface area contributed by atoms with Crippen LogP contribution in [0.5, 0.6) is 0 Å². The van der Waals surface area contributed by atoms with Crippen molar-refractivity contribution in [1.29, 1.82) is 0 Å². The van der Waals surface area contributed by atoms with Gasteiger partial charge in [0.1, 0.15) is 0 Å². The highest BCUT2D eigenvalue weighted by atomic mass is 16.5. The van der Waals surface area contributed by atoms with Crippen molar-refractivity contribution in [1.82, 2.24) is 5.32 Å². The zero-order valence-corrected chi connectivity index (χ0v) is 9.75. The van der Waals surface area contributed by atoms with E-state index in [2.05, 4.69) is 35.2 Å². The first kappa shape index (κ1) is 11.0. The van der Waals surface area contributed by atoms with E-state index in [-0.39, 0.29) is 12.1 Å². The second kappa shape index (κ2) is 4.56. The number of methoxy groups -OCH3 is 1. The minimum absolute atomic E-state index is 0.209. The Morgan fingerprint density at radius 1 is 1.50 bits per heavy atom. The van der Waals surface area contributed by atoms with Crippen LogP contribution in [0.2, 0.25) is 0 Å². The lowest BCUT2D eigenvalue weighted by molar-refractivity contribution is 0.165. The van der Waals surface area contributed by atoms with Gasteiger partial charge in [0.25, 0.3) is 0 Å². The number of benzene rings is 1. The van der Waals surface area contributed by atoms with Crippen LogP contribution in [-0.2, 0) is 17.6 Å². The lowest BCUT2D eigenvalue weighted by Crippen LogP contribution is -2.38. The molecule has 86 valence electrons. The average molecular weight is 219 g/mol. The van der Waals surface area contributed by atoms with E-state index in [4.69, 9.17) is 0 Å². The van der Waals surface area contributed by atoms with Gasteiger partial charge in [0.2, 0.25) is 0 Å². The smallest absolute Gasteiger partial charge is 0.407 e. The lowest BCUT2D eigenvalue weighted by Gasteiger charge is -2.26. The van der Waals surface area contributed by atoms with Gasteiger partial charge < -0.3 is 10.1 Å². The number of alkyl carbamates (subject to hydrolysis) is 1. The molecule has 1 aliphatic carbocycles. The quantitative estimate of drug-likeness (QED) is 0.786. The highest BCUT2D eigenvalue weighted by molar-refractivity contribution is 5.67. The highest BCUT2D eigenvalue weighted by Crippen LogP contribution is 2.24. The van der Waals surface area contributed by atoms with Crippen LogP contribution in [0, 0.1) is 6.92 Å². The number of rotatable bonds is 1. The molecule has 1 aromatic carbocycles. The monoisotopic (exact) mass is 219 g/mol. The van der Waals surface area contributed by atoms with Gasteiger partial charge in [-0.2, -0.15) is 0 Å². The van der Waals surface area contributed by atoms with Gasteiger partial charge >= 0.3 is 6.09 Å². The molecule has 0 unspecified atom stereocenters. The van der Waals surface area contributed by atoms with Crippen LogP contribution in [0.4, 0.5) is 4.79 Å². The van der Waals surface area contributed by atoms with Crippen LogP contribution in [0.15, 0.2) is 18.2 Å². The lowest BCUT2D eigenvalue weighted by atomic mass is 9.86. The number of hydrogen-bond donors (Lipinski definition) is 1. The number of carbonyl (C=O) groups is 1. The Morgan fingerprint density at radius 3 is 3.06 bits per heavy atom. The van der Waals surface area contributed by atoms with E-state index in [0.29, 0.717) is 0 Å². The van der Waals surface area contributed by atoms with Crippen molar-refractivity contribution in [2.45, 2.75) is 32.2 Å². The molecule has 3 nitrogen and oxygen atoms in total. The second-order valence-electron chi connectivity index (χ2n) is 4.29. The summed E-state index contributed by atoms with van der Waals surface area (Å²) in [6.07, 6.45) is 2.61. The molecule has 0 aromatic heterocycles. The summed E-state index contributed by atoms with van der Waals surface area (Å²) in [4.78, 5) is 11.1. The first-order valence-corrected chi connectivity index (χ1v) is 5.62. The Balaban J connectivity index is 2.11. The van der Waals surface area contributed by atoms with Crippen LogP contribution >= 0.6 is 0 Å². The SMILES string of the molecule is COC(=O)N[C@@H]1CCc2cccc(C)c2C1. The summed E-state index contributed by atoms with van der Waals surface area (Å²) in [5.41, 5.74) is 4.12. The van der Waals surface area contributed by atoms with Gasteiger partial charge in [0.05, 0.1) is 7.11 Å². The average Bonchev–Trinajstić information content (AvgIpc) is 2.30. The number of carbonyl (C=O) groups excluding carboxylic acids is 1. The predicted octanol–water partition coefficient (Wildman–Crippen LogP) is 2.21. The molecule has 0 bridgehead atoms. The van der Waals surface area contributed by atoms with Crippen LogP contribution < -0.4 is 5.32 Å². The number of nitrogens with one attached hydrogen (secondary N) is 1. The van der Waals surface area contributed by atoms with Crippen molar-refractivity contribution < 1.29 is 9.53 Å². The molecule has 1 atom stereocenters. The Labute approximate surface area is 95.8 Å². The van der Waals surface area contributed by atoms with E-state index in [1.807, 2.05) is 0 Å². The largest absolute Gasteiger partial charge is 0.453 e. The Bertz CT molecular complexity index is 401. The molecule has 2 rings (SSSR count). The van der Waals surface area contributed by atoms with Gasteiger partial charge in [-0.05, 0) is 42.9 Å². The van der Waals surface area contributed by atoms with E-state index < -0.39 is 0 Å². The van der Waals surface area contributed by atoms with Crippen molar-refractivity contribution >= 4 is 6.09 Å². The van der Waals surface area contributed by atoms with E-state index in [0.717, 1.165) is 19.3 Å². The van der Waals surface area contributed by atoms with Crippen LogP contribution in [0.3, 0.4) is 0 Å². The standard InChI is InChI=1S/C13H17NO2/c1-9-4-3-5-10-6-7-11(8-12(9)10)14-13(15)16-2/h3-5,11H,6-8H2,1-2H3,(H,14,15)/t11-/m1/s1. The third kappa shape index (κ3) is 2.18. The van der Waals surface area contributed by atoms with Crippen LogP contribution in [-0.4, -0.2) is 19.2 Å². The Kier molecular flexibility index (Phi) is 3.13. The van der Waals surface area contributed by atoms with Crippen LogP contribution in [0.25, 0.3) is 0 Å².